The summed E-state index contributed by atoms with van der Waals surface area (Å²) in [5.74, 6) is 1.48. The second-order valence-corrected chi connectivity index (χ2v) is 4.59. The van der Waals surface area contributed by atoms with Gasteiger partial charge in [0.15, 0.2) is 11.5 Å². The van der Waals surface area contributed by atoms with Crippen molar-refractivity contribution in [2.45, 2.75) is 20.1 Å². The number of aryl methyl sites for hydroxylation is 1. The molecule has 1 aromatic carbocycles. The van der Waals surface area contributed by atoms with Crippen molar-refractivity contribution < 1.29 is 9.47 Å². The van der Waals surface area contributed by atoms with E-state index in [1.165, 1.54) is 0 Å². The summed E-state index contributed by atoms with van der Waals surface area (Å²) in [5, 5.41) is 3.09. The molecule has 4 nitrogen and oxygen atoms in total. The van der Waals surface area contributed by atoms with E-state index < -0.39 is 0 Å². The van der Waals surface area contributed by atoms with Gasteiger partial charge in [-0.25, -0.2) is 0 Å². The van der Waals surface area contributed by atoms with Crippen molar-refractivity contribution in [3.05, 3.63) is 53.3 Å². The molecule has 0 aliphatic rings. The summed E-state index contributed by atoms with van der Waals surface area (Å²) < 4.78 is 11.1. The Morgan fingerprint density at radius 3 is 2.65 bits per heavy atom. The van der Waals surface area contributed by atoms with Gasteiger partial charge in [0.25, 0.3) is 0 Å². The number of rotatable bonds is 6. The zero-order valence-electron chi connectivity index (χ0n) is 12.1. The van der Waals surface area contributed by atoms with E-state index in [2.05, 4.69) is 10.3 Å². The summed E-state index contributed by atoms with van der Waals surface area (Å²) >= 11 is 0. The van der Waals surface area contributed by atoms with Crippen LogP contribution in [0, 0.1) is 6.92 Å². The summed E-state index contributed by atoms with van der Waals surface area (Å²) in [6, 6.07) is 11.8. The average Bonchev–Trinajstić information content (AvgIpc) is 2.46. The molecule has 0 saturated heterocycles. The first-order chi connectivity index (χ1) is 9.72. The number of benzene rings is 1. The number of aromatic nitrogens is 1. The van der Waals surface area contributed by atoms with Crippen molar-refractivity contribution in [2.75, 3.05) is 14.2 Å². The Bertz CT molecular complexity index is 570. The summed E-state index contributed by atoms with van der Waals surface area (Å²) in [6.45, 7) is 3.20. The quantitative estimate of drug-likeness (QED) is 0.878. The van der Waals surface area contributed by atoms with Crippen molar-refractivity contribution in [3.63, 3.8) is 0 Å². The molecule has 0 bridgehead atoms. The van der Waals surface area contributed by atoms with E-state index in [4.69, 9.17) is 9.47 Å². The Balaban J connectivity index is 2.06. The fourth-order valence-electron chi connectivity index (χ4n) is 1.93. The highest BCUT2D eigenvalue weighted by atomic mass is 16.5. The monoisotopic (exact) mass is 272 g/mol. The van der Waals surface area contributed by atoms with Crippen molar-refractivity contribution in [3.8, 4) is 11.5 Å². The smallest absolute Gasteiger partial charge is 0.161 e. The van der Waals surface area contributed by atoms with E-state index in [9.17, 15) is 0 Å². The molecule has 2 rings (SSSR count). The fraction of sp³-hybridized carbons (Fsp3) is 0.312. The van der Waals surface area contributed by atoms with Gasteiger partial charge in [-0.3, -0.25) is 4.98 Å². The summed E-state index contributed by atoms with van der Waals surface area (Å²) in [4.78, 5) is 4.52. The Morgan fingerprint density at radius 1 is 1.10 bits per heavy atom. The molecule has 1 N–H and O–H groups in total. The molecule has 1 heterocycles. The topological polar surface area (TPSA) is 43.4 Å². The first kappa shape index (κ1) is 14.3. The molecule has 0 unspecified atom stereocenters. The van der Waals surface area contributed by atoms with Gasteiger partial charge in [-0.2, -0.15) is 0 Å². The van der Waals surface area contributed by atoms with E-state index in [1.807, 2.05) is 50.4 Å². The van der Waals surface area contributed by atoms with E-state index in [1.54, 1.807) is 7.11 Å². The average molecular weight is 272 g/mol. The van der Waals surface area contributed by atoms with Gasteiger partial charge in [0, 0.05) is 6.54 Å². The van der Waals surface area contributed by atoms with Crippen LogP contribution in [-0.4, -0.2) is 19.1 Å². The summed E-state index contributed by atoms with van der Waals surface area (Å²) in [6.07, 6.45) is 0. The van der Waals surface area contributed by atoms with E-state index in [-0.39, 0.29) is 0 Å². The van der Waals surface area contributed by atoms with Crippen LogP contribution in [0.25, 0.3) is 0 Å². The molecular weight excluding hydrogens is 252 g/mol. The van der Waals surface area contributed by atoms with Gasteiger partial charge in [-0.05, 0) is 43.8 Å². The van der Waals surface area contributed by atoms with Crippen LogP contribution in [0.15, 0.2) is 36.4 Å². The van der Waals surface area contributed by atoms with Crippen LogP contribution in [0.2, 0.25) is 0 Å². The molecule has 0 radical (unpaired) electrons. The van der Waals surface area contributed by atoms with E-state index >= 15 is 0 Å². The van der Waals surface area contributed by atoms with Crippen molar-refractivity contribution >= 4 is 0 Å². The molecule has 1 aromatic heterocycles. The number of methoxy groups -OCH3 is 1. The molecule has 0 aliphatic heterocycles. The fourth-order valence-corrected chi connectivity index (χ4v) is 1.93. The first-order valence-electron chi connectivity index (χ1n) is 6.60. The standard InChI is InChI=1S/C16H20N2O2/c1-12-7-8-15(16(9-12)19-3)20-11-14-6-4-5-13(18-14)10-17-2/h4-9,17H,10-11H2,1-3H3. The second-order valence-electron chi connectivity index (χ2n) is 4.59. The number of ether oxygens (including phenoxy) is 2. The molecular formula is C16H20N2O2. The van der Waals surface area contributed by atoms with Crippen LogP contribution in [0.4, 0.5) is 0 Å². The zero-order valence-corrected chi connectivity index (χ0v) is 12.1. The number of nitrogens with zero attached hydrogens (tertiary/aromatic N) is 1. The molecule has 0 atom stereocenters. The SMILES string of the molecule is CNCc1cccc(COc2ccc(C)cc2OC)n1. The molecule has 0 fully saturated rings. The molecule has 0 aliphatic carbocycles. The van der Waals surface area contributed by atoms with Gasteiger partial charge < -0.3 is 14.8 Å². The summed E-state index contributed by atoms with van der Waals surface area (Å²) in [5.41, 5.74) is 3.05. The number of hydrogen-bond donors (Lipinski definition) is 1. The third-order valence-corrected chi connectivity index (χ3v) is 2.92. The molecule has 20 heavy (non-hydrogen) atoms. The van der Waals surface area contributed by atoms with Crippen LogP contribution >= 0.6 is 0 Å². The largest absolute Gasteiger partial charge is 0.493 e. The van der Waals surface area contributed by atoms with Crippen LogP contribution in [0.5, 0.6) is 11.5 Å². The Kier molecular flexibility index (Phi) is 4.96. The normalized spacial score (nSPS) is 10.3. The van der Waals surface area contributed by atoms with Crippen LogP contribution < -0.4 is 14.8 Å². The third kappa shape index (κ3) is 3.71. The Hall–Kier alpha value is -2.07. The molecule has 106 valence electrons. The highest BCUT2D eigenvalue weighted by molar-refractivity contribution is 5.42. The van der Waals surface area contributed by atoms with Gasteiger partial charge >= 0.3 is 0 Å². The zero-order chi connectivity index (χ0) is 14.4. The number of hydrogen-bond acceptors (Lipinski definition) is 4. The van der Waals surface area contributed by atoms with Crippen molar-refractivity contribution in [1.82, 2.24) is 10.3 Å². The second kappa shape index (κ2) is 6.91. The number of nitrogens with one attached hydrogen (secondary N) is 1. The highest BCUT2D eigenvalue weighted by Gasteiger charge is 2.05. The first-order valence-corrected chi connectivity index (χ1v) is 6.60. The maximum atomic E-state index is 5.79. The minimum atomic E-state index is 0.428. The van der Waals surface area contributed by atoms with E-state index in [0.717, 1.165) is 35.0 Å². The molecule has 2 aromatic rings. The van der Waals surface area contributed by atoms with Gasteiger partial charge in [-0.1, -0.05) is 12.1 Å². The summed E-state index contributed by atoms with van der Waals surface area (Å²) in [7, 11) is 3.55. The predicted molar refractivity (Wildman–Crippen MR) is 79.1 cm³/mol. The molecule has 0 amide bonds. The van der Waals surface area contributed by atoms with Crippen molar-refractivity contribution in [1.29, 1.82) is 0 Å². The highest BCUT2D eigenvalue weighted by Crippen LogP contribution is 2.28. The lowest BCUT2D eigenvalue weighted by Gasteiger charge is -2.11. The van der Waals surface area contributed by atoms with Crippen LogP contribution in [-0.2, 0) is 13.2 Å². The van der Waals surface area contributed by atoms with Crippen molar-refractivity contribution in [2.24, 2.45) is 0 Å². The molecule has 4 heteroatoms. The minimum Gasteiger partial charge on any atom is -0.493 e. The lowest BCUT2D eigenvalue weighted by atomic mass is 10.2. The predicted octanol–water partition coefficient (Wildman–Crippen LogP) is 2.70. The third-order valence-electron chi connectivity index (χ3n) is 2.92. The lowest BCUT2D eigenvalue weighted by Crippen LogP contribution is -2.08. The number of pyridine rings is 1. The van der Waals surface area contributed by atoms with Gasteiger partial charge in [-0.15, -0.1) is 0 Å². The molecule has 0 saturated carbocycles. The lowest BCUT2D eigenvalue weighted by molar-refractivity contribution is 0.280. The van der Waals surface area contributed by atoms with Gasteiger partial charge in [0.1, 0.15) is 6.61 Å². The maximum absolute atomic E-state index is 5.79. The molecule has 0 spiro atoms. The van der Waals surface area contributed by atoms with Gasteiger partial charge in [0.05, 0.1) is 18.5 Å². The minimum absolute atomic E-state index is 0.428. The van der Waals surface area contributed by atoms with Gasteiger partial charge in [0.2, 0.25) is 0 Å². The maximum Gasteiger partial charge on any atom is 0.161 e. The Morgan fingerprint density at radius 2 is 1.90 bits per heavy atom. The van der Waals surface area contributed by atoms with Crippen LogP contribution in [0.1, 0.15) is 17.0 Å². The Labute approximate surface area is 119 Å². The van der Waals surface area contributed by atoms with Crippen LogP contribution in [0.3, 0.4) is 0 Å². The van der Waals surface area contributed by atoms with E-state index in [0.29, 0.717) is 6.61 Å².